The summed E-state index contributed by atoms with van der Waals surface area (Å²) >= 11 is 0. The molecule has 0 aromatic heterocycles. The van der Waals surface area contributed by atoms with Crippen molar-refractivity contribution in [3.8, 4) is 5.75 Å². The van der Waals surface area contributed by atoms with Gasteiger partial charge in [-0.05, 0) is 13.0 Å². The van der Waals surface area contributed by atoms with Crippen LogP contribution in [0.1, 0.15) is 11.1 Å². The minimum absolute atomic E-state index is 0.108. The number of aryl methyl sites for hydroxylation is 1. The highest BCUT2D eigenvalue weighted by atomic mass is 16.5. The van der Waals surface area contributed by atoms with Gasteiger partial charge in [-0.2, -0.15) is 0 Å². The maximum atomic E-state index is 11.0. The van der Waals surface area contributed by atoms with E-state index >= 15 is 0 Å². The fraction of sp³-hybridized carbons (Fsp3) is 0.385. The molecule has 0 fully saturated rings. The van der Waals surface area contributed by atoms with E-state index in [-0.39, 0.29) is 13.1 Å². The topological polar surface area (TPSA) is 92.9 Å². The molecule has 6 nitrogen and oxygen atoms in total. The summed E-state index contributed by atoms with van der Waals surface area (Å²) in [4.78, 5) is 23.2. The van der Waals surface area contributed by atoms with Crippen LogP contribution in [0, 0.1) is 6.92 Å². The van der Waals surface area contributed by atoms with Crippen LogP contribution in [0.15, 0.2) is 18.2 Å². The SMILES string of the molecule is COc1ccc(C)cc1CN(CC(N)=O)CC(=O)O. The van der Waals surface area contributed by atoms with E-state index in [1.54, 1.807) is 7.11 Å². The highest BCUT2D eigenvalue weighted by Crippen LogP contribution is 2.21. The van der Waals surface area contributed by atoms with Crippen molar-refractivity contribution < 1.29 is 19.4 Å². The first-order chi connectivity index (χ1) is 8.92. The first-order valence-electron chi connectivity index (χ1n) is 5.78. The number of nitrogens with two attached hydrogens (primary N) is 1. The van der Waals surface area contributed by atoms with Crippen LogP contribution >= 0.6 is 0 Å². The van der Waals surface area contributed by atoms with Gasteiger partial charge in [0.1, 0.15) is 5.75 Å². The van der Waals surface area contributed by atoms with Crippen LogP contribution in [0.25, 0.3) is 0 Å². The van der Waals surface area contributed by atoms with Crippen molar-refractivity contribution in [2.45, 2.75) is 13.5 Å². The average molecular weight is 266 g/mol. The number of carbonyl (C=O) groups is 2. The van der Waals surface area contributed by atoms with Gasteiger partial charge >= 0.3 is 5.97 Å². The lowest BCUT2D eigenvalue weighted by molar-refractivity contribution is -0.138. The van der Waals surface area contributed by atoms with E-state index in [2.05, 4.69) is 0 Å². The third-order valence-corrected chi connectivity index (χ3v) is 2.57. The van der Waals surface area contributed by atoms with Crippen molar-refractivity contribution in [1.82, 2.24) is 4.90 Å². The number of ether oxygens (including phenoxy) is 1. The first kappa shape index (κ1) is 15.0. The minimum Gasteiger partial charge on any atom is -0.496 e. The summed E-state index contributed by atoms with van der Waals surface area (Å²) in [5.41, 5.74) is 6.98. The Morgan fingerprint density at radius 3 is 2.58 bits per heavy atom. The Labute approximate surface area is 111 Å². The van der Waals surface area contributed by atoms with Crippen molar-refractivity contribution in [1.29, 1.82) is 0 Å². The molecule has 0 aliphatic carbocycles. The van der Waals surface area contributed by atoms with Crippen molar-refractivity contribution >= 4 is 11.9 Å². The monoisotopic (exact) mass is 266 g/mol. The largest absolute Gasteiger partial charge is 0.496 e. The van der Waals surface area contributed by atoms with Gasteiger partial charge < -0.3 is 15.6 Å². The number of carbonyl (C=O) groups excluding carboxylic acids is 1. The Morgan fingerprint density at radius 2 is 2.05 bits per heavy atom. The summed E-state index contributed by atoms with van der Waals surface area (Å²) in [7, 11) is 1.55. The highest BCUT2D eigenvalue weighted by molar-refractivity contribution is 5.77. The predicted molar refractivity (Wildman–Crippen MR) is 69.8 cm³/mol. The van der Waals surface area contributed by atoms with Gasteiger partial charge in [0.2, 0.25) is 5.91 Å². The molecule has 0 spiro atoms. The van der Waals surface area contributed by atoms with Gasteiger partial charge in [0.05, 0.1) is 20.2 Å². The van der Waals surface area contributed by atoms with E-state index in [0.29, 0.717) is 12.3 Å². The molecule has 19 heavy (non-hydrogen) atoms. The Morgan fingerprint density at radius 1 is 1.37 bits per heavy atom. The lowest BCUT2D eigenvalue weighted by atomic mass is 10.1. The van der Waals surface area contributed by atoms with Crippen LogP contribution in [0.3, 0.4) is 0 Å². The number of hydrogen-bond acceptors (Lipinski definition) is 4. The number of hydrogen-bond donors (Lipinski definition) is 2. The second-order valence-electron chi connectivity index (χ2n) is 4.32. The summed E-state index contributed by atoms with van der Waals surface area (Å²) in [5, 5.41) is 8.83. The maximum absolute atomic E-state index is 11.0. The molecule has 1 rings (SSSR count). The minimum atomic E-state index is -1.01. The molecule has 0 bridgehead atoms. The molecule has 0 aliphatic heterocycles. The molecule has 0 saturated heterocycles. The maximum Gasteiger partial charge on any atom is 0.317 e. The zero-order valence-electron chi connectivity index (χ0n) is 11.0. The fourth-order valence-electron chi connectivity index (χ4n) is 1.85. The van der Waals surface area contributed by atoms with Gasteiger partial charge in [0.25, 0.3) is 0 Å². The van der Waals surface area contributed by atoms with Crippen LogP contribution < -0.4 is 10.5 Å². The molecule has 1 aromatic carbocycles. The van der Waals surface area contributed by atoms with E-state index in [1.165, 1.54) is 4.90 Å². The zero-order valence-corrected chi connectivity index (χ0v) is 11.0. The molecule has 0 saturated carbocycles. The smallest absolute Gasteiger partial charge is 0.317 e. The molecular weight excluding hydrogens is 248 g/mol. The Bertz CT molecular complexity index is 458. The van der Waals surface area contributed by atoms with E-state index in [1.807, 2.05) is 25.1 Å². The van der Waals surface area contributed by atoms with Gasteiger partial charge in [-0.3, -0.25) is 14.5 Å². The van der Waals surface area contributed by atoms with E-state index in [0.717, 1.165) is 11.1 Å². The molecule has 6 heteroatoms. The number of methoxy groups -OCH3 is 1. The fourth-order valence-corrected chi connectivity index (χ4v) is 1.85. The molecule has 0 aliphatic rings. The van der Waals surface area contributed by atoms with Crippen molar-refractivity contribution in [2.75, 3.05) is 20.2 Å². The van der Waals surface area contributed by atoms with Crippen molar-refractivity contribution in [3.05, 3.63) is 29.3 Å². The number of aliphatic carboxylic acids is 1. The Hall–Kier alpha value is -2.08. The number of carboxylic acids is 1. The molecule has 0 radical (unpaired) electrons. The van der Waals surface area contributed by atoms with Crippen LogP contribution in [0.5, 0.6) is 5.75 Å². The van der Waals surface area contributed by atoms with Gasteiger partial charge in [0.15, 0.2) is 0 Å². The van der Waals surface area contributed by atoms with Gasteiger partial charge in [-0.15, -0.1) is 0 Å². The number of nitrogens with zero attached hydrogens (tertiary/aromatic N) is 1. The van der Waals surface area contributed by atoms with Crippen molar-refractivity contribution in [2.24, 2.45) is 5.73 Å². The van der Waals surface area contributed by atoms with E-state index in [4.69, 9.17) is 15.6 Å². The second kappa shape index (κ2) is 6.75. The molecule has 3 N–H and O–H groups in total. The summed E-state index contributed by atoms with van der Waals surface area (Å²) in [5.74, 6) is -0.911. The van der Waals surface area contributed by atoms with Gasteiger partial charge in [0, 0.05) is 12.1 Å². The number of amides is 1. The average Bonchev–Trinajstić information content (AvgIpc) is 2.27. The third-order valence-electron chi connectivity index (χ3n) is 2.57. The molecular formula is C13H18N2O4. The summed E-state index contributed by atoms with van der Waals surface area (Å²) in [6.45, 7) is 1.86. The van der Waals surface area contributed by atoms with E-state index < -0.39 is 11.9 Å². The van der Waals surface area contributed by atoms with Crippen LogP contribution in [0.4, 0.5) is 0 Å². The summed E-state index contributed by atoms with van der Waals surface area (Å²) < 4.78 is 5.22. The quantitative estimate of drug-likeness (QED) is 0.744. The normalized spacial score (nSPS) is 10.5. The second-order valence-corrected chi connectivity index (χ2v) is 4.32. The first-order valence-corrected chi connectivity index (χ1v) is 5.78. The summed E-state index contributed by atoms with van der Waals surface area (Å²) in [6.07, 6.45) is 0. The molecule has 1 aromatic rings. The van der Waals surface area contributed by atoms with Crippen LogP contribution in [-0.2, 0) is 16.1 Å². The molecule has 104 valence electrons. The molecule has 0 atom stereocenters. The van der Waals surface area contributed by atoms with Crippen LogP contribution in [0.2, 0.25) is 0 Å². The summed E-state index contributed by atoms with van der Waals surface area (Å²) in [6, 6.07) is 5.61. The Kier molecular flexibility index (Phi) is 5.32. The highest BCUT2D eigenvalue weighted by Gasteiger charge is 2.15. The number of rotatable bonds is 7. The number of benzene rings is 1. The number of primary amides is 1. The molecule has 0 heterocycles. The van der Waals surface area contributed by atoms with E-state index in [9.17, 15) is 9.59 Å². The van der Waals surface area contributed by atoms with Gasteiger partial charge in [-0.25, -0.2) is 0 Å². The predicted octanol–water partition coefficient (Wildman–Crippen LogP) is 0.376. The lowest BCUT2D eigenvalue weighted by Gasteiger charge is -2.20. The molecule has 0 unspecified atom stereocenters. The number of carboxylic acid groups (broad SMARTS) is 1. The Balaban J connectivity index is 2.90. The van der Waals surface area contributed by atoms with Crippen LogP contribution in [-0.4, -0.2) is 42.1 Å². The standard InChI is InChI=1S/C13H18N2O4/c1-9-3-4-11(19-2)10(5-9)6-15(7-12(14)16)8-13(17)18/h3-5H,6-8H2,1-2H3,(H2,14,16)(H,17,18). The molecule has 1 amide bonds. The van der Waals surface area contributed by atoms with Crippen molar-refractivity contribution in [3.63, 3.8) is 0 Å². The lowest BCUT2D eigenvalue weighted by Crippen LogP contribution is -2.37. The zero-order chi connectivity index (χ0) is 14.4. The third kappa shape index (κ3) is 4.97. The van der Waals surface area contributed by atoms with Gasteiger partial charge in [-0.1, -0.05) is 17.7 Å².